The molecule has 0 saturated heterocycles. The van der Waals surface area contributed by atoms with Crippen LogP contribution in [0.25, 0.3) is 0 Å². The minimum atomic E-state index is -2.70. The van der Waals surface area contributed by atoms with Crippen molar-refractivity contribution in [2.75, 3.05) is 0 Å². The van der Waals surface area contributed by atoms with Crippen LogP contribution in [-0.4, -0.2) is 27.5 Å². The highest BCUT2D eigenvalue weighted by Crippen LogP contribution is 2.30. The van der Waals surface area contributed by atoms with Gasteiger partial charge in [-0.3, -0.25) is 0 Å². The second kappa shape index (κ2) is 8.05. The first-order chi connectivity index (χ1) is 10.9. The number of esters is 2. The van der Waals surface area contributed by atoms with Crippen LogP contribution in [0.3, 0.4) is 0 Å². The molecule has 0 amide bonds. The maximum atomic E-state index is 12.3. The van der Waals surface area contributed by atoms with E-state index in [0.717, 1.165) is 0 Å². The summed E-state index contributed by atoms with van der Waals surface area (Å²) in [5.74, 6) is -2.23. The molecule has 0 heterocycles. The smallest absolute Gasteiger partial charge is 0.406 e. The quantitative estimate of drug-likeness (QED) is 0.322. The van der Waals surface area contributed by atoms with Crippen LogP contribution in [0.1, 0.15) is 32.4 Å². The highest BCUT2D eigenvalue weighted by Gasteiger charge is 2.43. The number of hydrogen-bond donors (Lipinski definition) is 0. The minimum Gasteiger partial charge on any atom is -0.457 e. The van der Waals surface area contributed by atoms with Crippen LogP contribution in [0.2, 0.25) is 0 Å². The Balaban J connectivity index is 3.05. The molecule has 1 unspecified atom stereocenters. The highest BCUT2D eigenvalue weighted by molar-refractivity contribution is 6.63. The Kier molecular flexibility index (Phi) is 6.89. The Bertz CT molecular complexity index is 609. The van der Waals surface area contributed by atoms with E-state index in [0.29, 0.717) is 5.56 Å². The number of halogens is 3. The molecule has 1 aromatic rings. The monoisotopic (exact) mass is 396 g/mol. The van der Waals surface area contributed by atoms with E-state index < -0.39 is 33.6 Å². The van der Waals surface area contributed by atoms with Crippen molar-refractivity contribution in [3.63, 3.8) is 0 Å². The Labute approximate surface area is 153 Å². The van der Waals surface area contributed by atoms with Crippen LogP contribution < -0.4 is 0 Å². The summed E-state index contributed by atoms with van der Waals surface area (Å²) in [7, 11) is 0. The van der Waals surface area contributed by atoms with Gasteiger partial charge in [0.25, 0.3) is 0 Å². The second-order valence-corrected chi connectivity index (χ2v) is 7.15. The van der Waals surface area contributed by atoms with E-state index in [4.69, 9.17) is 44.3 Å². The topological polar surface area (TPSA) is 78.9 Å². The fourth-order valence-corrected chi connectivity index (χ4v) is 1.98. The highest BCUT2D eigenvalue weighted by atomic mass is 35.5. The third kappa shape index (κ3) is 6.55. The van der Waals surface area contributed by atoms with E-state index in [1.165, 1.54) is 0 Å². The van der Waals surface area contributed by atoms with E-state index in [9.17, 15) is 14.4 Å². The number of alkyl halides is 2. The first-order valence-electron chi connectivity index (χ1n) is 6.67. The number of rotatable bonds is 5. The number of hydrogen-bond acceptors (Lipinski definition) is 6. The fourth-order valence-electron chi connectivity index (χ4n) is 1.55. The summed E-state index contributed by atoms with van der Waals surface area (Å²) in [5, 5.41) is 0. The van der Waals surface area contributed by atoms with Gasteiger partial charge in [0.1, 0.15) is 5.60 Å². The van der Waals surface area contributed by atoms with Gasteiger partial charge in [-0.2, -0.15) is 0 Å². The molecule has 1 atom stereocenters. The summed E-state index contributed by atoms with van der Waals surface area (Å²) in [4.78, 5) is 35.1. The molecule has 0 fully saturated rings. The maximum Gasteiger partial charge on any atom is 0.406 e. The minimum absolute atomic E-state index is 0.321. The lowest BCUT2D eigenvalue weighted by atomic mass is 10.1. The van der Waals surface area contributed by atoms with Crippen molar-refractivity contribution in [1.29, 1.82) is 0 Å². The Morgan fingerprint density at radius 2 is 1.54 bits per heavy atom. The molecule has 1 rings (SSSR count). The van der Waals surface area contributed by atoms with Crippen LogP contribution in [0, 0.1) is 0 Å². The summed E-state index contributed by atoms with van der Waals surface area (Å²) in [6.07, 6.45) is -1.45. The maximum absolute atomic E-state index is 12.3. The zero-order valence-electron chi connectivity index (χ0n) is 13.0. The molecule has 0 aliphatic rings. The molecule has 1 aromatic carbocycles. The van der Waals surface area contributed by atoms with E-state index in [1.807, 2.05) is 0 Å². The first-order valence-corrected chi connectivity index (χ1v) is 7.81. The lowest BCUT2D eigenvalue weighted by molar-refractivity contribution is -0.179. The molecule has 0 bridgehead atoms. The Morgan fingerprint density at radius 3 is 2.00 bits per heavy atom. The average Bonchev–Trinajstić information content (AvgIpc) is 2.41. The van der Waals surface area contributed by atoms with Crippen molar-refractivity contribution in [1.82, 2.24) is 0 Å². The van der Waals surface area contributed by atoms with Crippen LogP contribution in [0.4, 0.5) is 4.79 Å². The molecule has 0 aliphatic carbocycles. The summed E-state index contributed by atoms with van der Waals surface area (Å²) < 4.78 is 11.8. The van der Waals surface area contributed by atoms with Crippen molar-refractivity contribution in [2.24, 2.45) is 0 Å². The fraction of sp³-hybridized carbons (Fsp3) is 0.400. The zero-order valence-corrected chi connectivity index (χ0v) is 15.3. The van der Waals surface area contributed by atoms with Gasteiger partial charge in [0.05, 0.1) is 0 Å². The largest absolute Gasteiger partial charge is 0.457 e. The molecule has 0 radical (unpaired) electrons. The van der Waals surface area contributed by atoms with Crippen molar-refractivity contribution in [3.05, 3.63) is 35.9 Å². The SMILES string of the molecule is CC(C)(C)OC(=O)C(OC(=O)C(Cl)(Cl)OC(=O)Cl)c1ccccc1. The van der Waals surface area contributed by atoms with Crippen molar-refractivity contribution >= 4 is 52.2 Å². The van der Waals surface area contributed by atoms with Gasteiger partial charge in [0.2, 0.25) is 6.10 Å². The Morgan fingerprint density at radius 1 is 1.00 bits per heavy atom. The normalized spacial score (nSPS) is 12.9. The molecule has 24 heavy (non-hydrogen) atoms. The molecule has 6 nitrogen and oxygen atoms in total. The van der Waals surface area contributed by atoms with Gasteiger partial charge >= 0.3 is 21.9 Å². The van der Waals surface area contributed by atoms with Crippen LogP contribution >= 0.6 is 34.8 Å². The average molecular weight is 398 g/mol. The molecule has 9 heteroatoms. The van der Waals surface area contributed by atoms with Gasteiger partial charge in [-0.15, -0.1) is 0 Å². The van der Waals surface area contributed by atoms with Gasteiger partial charge < -0.3 is 14.2 Å². The predicted octanol–water partition coefficient (Wildman–Crippen LogP) is 4.12. The molecular weight excluding hydrogens is 383 g/mol. The molecule has 132 valence electrons. The molecule has 0 N–H and O–H groups in total. The van der Waals surface area contributed by atoms with E-state index >= 15 is 0 Å². The first kappa shape index (κ1) is 20.5. The van der Waals surface area contributed by atoms with Crippen LogP contribution in [0.15, 0.2) is 30.3 Å². The third-order valence-electron chi connectivity index (χ3n) is 2.39. The van der Waals surface area contributed by atoms with Crippen LogP contribution in [0.5, 0.6) is 0 Å². The molecule has 0 aliphatic heterocycles. The standard InChI is InChI=1S/C15H15Cl3O6/c1-14(2,3)23-11(19)10(9-7-5-4-6-8-9)22-12(20)15(17,18)24-13(16)21/h4-8,10H,1-3H3. The summed E-state index contributed by atoms with van der Waals surface area (Å²) in [6.45, 7) is 4.95. The number of carbonyl (C=O) groups excluding carboxylic acids is 3. The van der Waals surface area contributed by atoms with Crippen molar-refractivity contribution < 1.29 is 28.6 Å². The number of benzene rings is 1. The van der Waals surface area contributed by atoms with Gasteiger partial charge in [0.15, 0.2) is 0 Å². The molecule has 0 saturated carbocycles. The molecular formula is C15H15Cl3O6. The van der Waals surface area contributed by atoms with Gasteiger partial charge in [-0.1, -0.05) is 30.3 Å². The van der Waals surface area contributed by atoms with Gasteiger partial charge in [-0.25, -0.2) is 14.4 Å². The van der Waals surface area contributed by atoms with E-state index in [2.05, 4.69) is 4.74 Å². The lowest BCUT2D eigenvalue weighted by Gasteiger charge is -2.25. The van der Waals surface area contributed by atoms with Crippen molar-refractivity contribution in [3.8, 4) is 0 Å². The molecule has 0 aromatic heterocycles. The summed E-state index contributed by atoms with van der Waals surface area (Å²) >= 11 is 16.1. The van der Waals surface area contributed by atoms with Gasteiger partial charge in [0, 0.05) is 17.2 Å². The summed E-state index contributed by atoms with van der Waals surface area (Å²) in [6, 6.07) is 8.06. The Hall–Kier alpha value is -1.50. The number of carbonyl (C=O) groups is 3. The zero-order chi connectivity index (χ0) is 18.5. The van der Waals surface area contributed by atoms with Gasteiger partial charge in [-0.05, 0) is 44.0 Å². The van der Waals surface area contributed by atoms with E-state index in [-0.39, 0.29) is 0 Å². The van der Waals surface area contributed by atoms with E-state index in [1.54, 1.807) is 51.1 Å². The second-order valence-electron chi connectivity index (χ2n) is 5.59. The van der Waals surface area contributed by atoms with Crippen molar-refractivity contribution in [2.45, 2.75) is 37.0 Å². The number of ether oxygens (including phenoxy) is 3. The lowest BCUT2D eigenvalue weighted by Crippen LogP contribution is -2.36. The third-order valence-corrected chi connectivity index (χ3v) is 2.93. The molecule has 0 spiro atoms. The predicted molar refractivity (Wildman–Crippen MR) is 87.9 cm³/mol. The summed E-state index contributed by atoms with van der Waals surface area (Å²) in [5.41, 5.74) is -1.91. The van der Waals surface area contributed by atoms with Crippen LogP contribution in [-0.2, 0) is 23.8 Å².